The standard InChI is InChI=1S/C40H46O6/c41-39(45-37-17-9-7-10-18-37)21-13-3-1-5-15-31-43-35-27-23-33(24-28-35)34-25-29-36(30-26-34)44-32-16-6-2-4-14-22-40(42)46-38-19-11-8-12-20-38/h7-12,17-20,23-30H,1-6,13-16,21-22,31-32H2. The average Bonchev–Trinajstić information content (AvgIpc) is 3.08. The number of rotatable bonds is 21. The van der Waals surface area contributed by atoms with E-state index in [1.807, 2.05) is 60.7 Å². The van der Waals surface area contributed by atoms with Gasteiger partial charge < -0.3 is 18.9 Å². The molecule has 0 N–H and O–H groups in total. The van der Waals surface area contributed by atoms with Gasteiger partial charge in [0.1, 0.15) is 23.0 Å². The first kappa shape index (κ1) is 34.3. The summed E-state index contributed by atoms with van der Waals surface area (Å²) in [6.45, 7) is 1.37. The largest absolute Gasteiger partial charge is 0.494 e. The smallest absolute Gasteiger partial charge is 0.311 e. The minimum absolute atomic E-state index is 0.168. The number of carbonyl (C=O) groups excluding carboxylic acids is 2. The zero-order chi connectivity index (χ0) is 32.1. The third-order valence-electron chi connectivity index (χ3n) is 7.58. The molecule has 0 saturated carbocycles. The van der Waals surface area contributed by atoms with Gasteiger partial charge in [-0.2, -0.15) is 0 Å². The van der Waals surface area contributed by atoms with Gasteiger partial charge in [0.15, 0.2) is 0 Å². The predicted molar refractivity (Wildman–Crippen MR) is 182 cm³/mol. The van der Waals surface area contributed by atoms with E-state index in [0.717, 1.165) is 86.8 Å². The van der Waals surface area contributed by atoms with Crippen LogP contribution in [-0.2, 0) is 9.59 Å². The van der Waals surface area contributed by atoms with Crippen molar-refractivity contribution in [2.24, 2.45) is 0 Å². The first-order valence-corrected chi connectivity index (χ1v) is 16.6. The second kappa shape index (κ2) is 20.5. The van der Waals surface area contributed by atoms with E-state index in [4.69, 9.17) is 18.9 Å². The molecular weight excluding hydrogens is 576 g/mol. The molecule has 0 aliphatic heterocycles. The van der Waals surface area contributed by atoms with Crippen molar-refractivity contribution >= 4 is 11.9 Å². The van der Waals surface area contributed by atoms with E-state index in [1.165, 1.54) is 0 Å². The molecule has 0 aromatic heterocycles. The maximum atomic E-state index is 11.9. The number of para-hydroxylation sites is 2. The Hall–Kier alpha value is -4.58. The van der Waals surface area contributed by atoms with Gasteiger partial charge in [0.25, 0.3) is 0 Å². The molecule has 0 saturated heterocycles. The summed E-state index contributed by atoms with van der Waals surface area (Å²) >= 11 is 0. The molecular formula is C40H46O6. The van der Waals surface area contributed by atoms with Crippen molar-refractivity contribution in [1.82, 2.24) is 0 Å². The molecule has 6 nitrogen and oxygen atoms in total. The van der Waals surface area contributed by atoms with Gasteiger partial charge in [-0.3, -0.25) is 9.59 Å². The van der Waals surface area contributed by atoms with Crippen molar-refractivity contribution in [3.05, 3.63) is 109 Å². The topological polar surface area (TPSA) is 71.1 Å². The molecule has 0 bridgehead atoms. The molecule has 0 radical (unpaired) electrons. The monoisotopic (exact) mass is 622 g/mol. The molecule has 0 spiro atoms. The molecule has 6 heteroatoms. The Kier molecular flexibility index (Phi) is 15.2. The van der Waals surface area contributed by atoms with Gasteiger partial charge in [0, 0.05) is 12.8 Å². The molecule has 4 rings (SSSR count). The Balaban J connectivity index is 0.992. The highest BCUT2D eigenvalue weighted by Gasteiger charge is 2.06. The molecule has 0 aliphatic rings. The zero-order valence-electron chi connectivity index (χ0n) is 26.7. The number of esters is 2. The van der Waals surface area contributed by atoms with Crippen LogP contribution in [0.4, 0.5) is 0 Å². The van der Waals surface area contributed by atoms with Crippen LogP contribution in [0.25, 0.3) is 11.1 Å². The highest BCUT2D eigenvalue weighted by Crippen LogP contribution is 2.25. The highest BCUT2D eigenvalue weighted by molar-refractivity contribution is 5.72. The van der Waals surface area contributed by atoms with Crippen molar-refractivity contribution in [3.8, 4) is 34.1 Å². The maximum Gasteiger partial charge on any atom is 0.311 e. The predicted octanol–water partition coefficient (Wildman–Crippen LogP) is 10.0. The van der Waals surface area contributed by atoms with Crippen molar-refractivity contribution in [3.63, 3.8) is 0 Å². The summed E-state index contributed by atoms with van der Waals surface area (Å²) < 4.78 is 22.5. The van der Waals surface area contributed by atoms with E-state index in [9.17, 15) is 9.59 Å². The van der Waals surface area contributed by atoms with Gasteiger partial charge in [-0.05, 0) is 85.3 Å². The van der Waals surface area contributed by atoms with Crippen molar-refractivity contribution in [1.29, 1.82) is 0 Å². The summed E-state index contributed by atoms with van der Waals surface area (Å²) in [5, 5.41) is 0. The molecule has 0 amide bonds. The van der Waals surface area contributed by atoms with Crippen LogP contribution in [0, 0.1) is 0 Å². The molecule has 0 fully saturated rings. The Labute approximate surface area is 273 Å². The summed E-state index contributed by atoms with van der Waals surface area (Å²) in [5.74, 6) is 2.62. The van der Waals surface area contributed by atoms with Crippen molar-refractivity contribution in [2.75, 3.05) is 13.2 Å². The maximum absolute atomic E-state index is 11.9. The lowest BCUT2D eigenvalue weighted by Crippen LogP contribution is -2.07. The lowest BCUT2D eigenvalue weighted by atomic mass is 10.1. The Morgan fingerprint density at radius 3 is 1.11 bits per heavy atom. The fourth-order valence-corrected chi connectivity index (χ4v) is 5.01. The highest BCUT2D eigenvalue weighted by atomic mass is 16.5. The summed E-state index contributed by atoms with van der Waals surface area (Å²) in [6, 6.07) is 34.8. The first-order chi connectivity index (χ1) is 22.7. The number of hydrogen-bond donors (Lipinski definition) is 0. The molecule has 242 valence electrons. The van der Waals surface area contributed by atoms with Crippen molar-refractivity contribution in [2.45, 2.75) is 77.0 Å². The first-order valence-electron chi connectivity index (χ1n) is 16.6. The summed E-state index contributed by atoms with van der Waals surface area (Å²) in [6.07, 6.45) is 10.9. The second-order valence-electron chi connectivity index (χ2n) is 11.4. The van der Waals surface area contributed by atoms with Gasteiger partial charge in [-0.1, -0.05) is 99.2 Å². The van der Waals surface area contributed by atoms with Crippen molar-refractivity contribution < 1.29 is 28.5 Å². The molecule has 0 atom stereocenters. The number of benzene rings is 4. The van der Waals surface area contributed by atoms with Gasteiger partial charge in [-0.25, -0.2) is 0 Å². The lowest BCUT2D eigenvalue weighted by molar-refractivity contribution is -0.135. The average molecular weight is 623 g/mol. The van der Waals surface area contributed by atoms with Crippen LogP contribution in [0.5, 0.6) is 23.0 Å². The Morgan fingerprint density at radius 1 is 0.370 bits per heavy atom. The molecule has 4 aromatic rings. The number of hydrogen-bond acceptors (Lipinski definition) is 6. The SMILES string of the molecule is O=C(CCCCCCCOc1ccc(-c2ccc(OCCCCCCCC(=O)Oc3ccccc3)cc2)cc1)Oc1ccccc1. The fourth-order valence-electron chi connectivity index (χ4n) is 5.01. The minimum Gasteiger partial charge on any atom is -0.494 e. The van der Waals surface area contributed by atoms with E-state index in [2.05, 4.69) is 24.3 Å². The van der Waals surface area contributed by atoms with E-state index in [-0.39, 0.29) is 11.9 Å². The van der Waals surface area contributed by atoms with Gasteiger partial charge >= 0.3 is 11.9 Å². The van der Waals surface area contributed by atoms with Crippen LogP contribution in [0.3, 0.4) is 0 Å². The quantitative estimate of drug-likeness (QED) is 0.0523. The Bertz CT molecular complexity index is 1290. The summed E-state index contributed by atoms with van der Waals surface area (Å²) in [5.41, 5.74) is 2.27. The van der Waals surface area contributed by atoms with Gasteiger partial charge in [0.05, 0.1) is 13.2 Å². The van der Waals surface area contributed by atoms with Crippen LogP contribution in [0.2, 0.25) is 0 Å². The molecule has 0 unspecified atom stereocenters. The van der Waals surface area contributed by atoms with E-state index >= 15 is 0 Å². The lowest BCUT2D eigenvalue weighted by Gasteiger charge is -2.09. The van der Waals surface area contributed by atoms with E-state index < -0.39 is 0 Å². The molecule has 0 heterocycles. The number of carbonyl (C=O) groups is 2. The third-order valence-corrected chi connectivity index (χ3v) is 7.58. The normalized spacial score (nSPS) is 10.7. The van der Waals surface area contributed by atoms with E-state index in [0.29, 0.717) is 37.6 Å². The van der Waals surface area contributed by atoms with Gasteiger partial charge in [0.2, 0.25) is 0 Å². The minimum atomic E-state index is -0.168. The summed E-state index contributed by atoms with van der Waals surface area (Å²) in [7, 11) is 0. The van der Waals surface area contributed by atoms with Crippen LogP contribution in [0.1, 0.15) is 77.0 Å². The number of unbranched alkanes of at least 4 members (excludes halogenated alkanes) is 8. The zero-order valence-corrected chi connectivity index (χ0v) is 26.7. The molecule has 0 aliphatic carbocycles. The van der Waals surface area contributed by atoms with Gasteiger partial charge in [-0.15, -0.1) is 0 Å². The van der Waals surface area contributed by atoms with Crippen LogP contribution in [-0.4, -0.2) is 25.2 Å². The van der Waals surface area contributed by atoms with E-state index in [1.54, 1.807) is 24.3 Å². The molecule has 46 heavy (non-hydrogen) atoms. The number of ether oxygens (including phenoxy) is 4. The third kappa shape index (κ3) is 13.6. The summed E-state index contributed by atoms with van der Waals surface area (Å²) in [4.78, 5) is 23.8. The molecule has 4 aromatic carbocycles. The van der Waals surface area contributed by atoms with Crippen LogP contribution >= 0.6 is 0 Å². The second-order valence-corrected chi connectivity index (χ2v) is 11.4. The Morgan fingerprint density at radius 2 is 0.717 bits per heavy atom. The van der Waals surface area contributed by atoms with Crippen LogP contribution in [0.15, 0.2) is 109 Å². The fraction of sp³-hybridized carbons (Fsp3) is 0.350. The van der Waals surface area contributed by atoms with Crippen LogP contribution < -0.4 is 18.9 Å².